The number of phenols is 1. The number of phenolic OH excluding ortho intramolecular Hbond substituents is 1. The van der Waals surface area contributed by atoms with Gasteiger partial charge >= 0.3 is 0 Å². The minimum atomic E-state index is -0.159. The summed E-state index contributed by atoms with van der Waals surface area (Å²) in [7, 11) is 0. The number of rotatable bonds is 2. The molecule has 0 spiro atoms. The zero-order valence-corrected chi connectivity index (χ0v) is 17.3. The minimum absolute atomic E-state index is 0.0756. The topological polar surface area (TPSA) is 87.9 Å². The molecule has 0 amide bonds. The van der Waals surface area contributed by atoms with E-state index in [1.165, 1.54) is 4.68 Å². The first kappa shape index (κ1) is 20.0. The second-order valence-electron chi connectivity index (χ2n) is 9.16. The zero-order chi connectivity index (χ0) is 20.0. The third-order valence-electron chi connectivity index (χ3n) is 4.84. The van der Waals surface area contributed by atoms with Crippen molar-refractivity contribution in [2.45, 2.75) is 72.6 Å². The lowest BCUT2D eigenvalue weighted by Gasteiger charge is -2.28. The van der Waals surface area contributed by atoms with Gasteiger partial charge in [-0.1, -0.05) is 53.7 Å². The van der Waals surface area contributed by atoms with Crippen LogP contribution in [0.4, 0.5) is 0 Å². The van der Waals surface area contributed by atoms with Crippen LogP contribution in [-0.2, 0) is 17.3 Å². The average molecular weight is 357 g/mol. The molecule has 0 radical (unpaired) electrons. The zero-order valence-electron chi connectivity index (χ0n) is 17.3. The molecule has 0 saturated heterocycles. The molecule has 1 aromatic heterocycles. The highest BCUT2D eigenvalue weighted by atomic mass is 16.3. The van der Waals surface area contributed by atoms with Gasteiger partial charge in [-0.25, -0.2) is 4.68 Å². The van der Waals surface area contributed by atoms with Crippen molar-refractivity contribution in [1.29, 1.82) is 5.41 Å². The number of nitrogens with zero attached hydrogens (tertiary/aromatic N) is 2. The van der Waals surface area contributed by atoms with Crippen molar-refractivity contribution >= 4 is 5.96 Å². The number of aryl methyl sites for hydroxylation is 1. The van der Waals surface area contributed by atoms with Gasteiger partial charge in [0.1, 0.15) is 5.75 Å². The highest BCUT2D eigenvalue weighted by Gasteiger charge is 2.27. The molecule has 5 heteroatoms. The van der Waals surface area contributed by atoms with Gasteiger partial charge in [-0.2, -0.15) is 5.10 Å². The molecule has 1 aromatic carbocycles. The van der Waals surface area contributed by atoms with Crippen LogP contribution in [-0.4, -0.2) is 20.8 Å². The standard InChI is InChI=1S/C21H32N4O/c1-12-15(13(2)25(24-12)19(22)23)9-14-10-16(20(3,4)5)18(26)17(11-14)21(6,7)8/h10-11,26H,9H2,1-8H3,(H3,22,23). The Labute approximate surface area is 156 Å². The first-order valence-electron chi connectivity index (χ1n) is 8.99. The predicted molar refractivity (Wildman–Crippen MR) is 107 cm³/mol. The number of nitrogens with two attached hydrogens (primary N) is 1. The molecular formula is C21H32N4O. The van der Waals surface area contributed by atoms with E-state index in [4.69, 9.17) is 11.1 Å². The maximum atomic E-state index is 10.9. The maximum Gasteiger partial charge on any atom is 0.213 e. The van der Waals surface area contributed by atoms with Crippen molar-refractivity contribution in [3.05, 3.63) is 45.8 Å². The number of aromatic hydroxyl groups is 1. The van der Waals surface area contributed by atoms with E-state index in [1.54, 1.807) is 0 Å². The van der Waals surface area contributed by atoms with E-state index in [9.17, 15) is 5.11 Å². The summed E-state index contributed by atoms with van der Waals surface area (Å²) in [5, 5.41) is 22.9. The van der Waals surface area contributed by atoms with Gasteiger partial charge in [0.2, 0.25) is 5.96 Å². The van der Waals surface area contributed by atoms with E-state index >= 15 is 0 Å². The molecule has 0 aliphatic carbocycles. The van der Waals surface area contributed by atoms with E-state index in [2.05, 4.69) is 58.8 Å². The summed E-state index contributed by atoms with van der Waals surface area (Å²) in [6.07, 6.45) is 0.692. The fraction of sp³-hybridized carbons (Fsp3) is 0.524. The second kappa shape index (κ2) is 6.45. The molecule has 0 saturated carbocycles. The van der Waals surface area contributed by atoms with Crippen LogP contribution in [0.5, 0.6) is 5.75 Å². The summed E-state index contributed by atoms with van der Waals surface area (Å²) in [6.45, 7) is 16.6. The van der Waals surface area contributed by atoms with Crippen LogP contribution < -0.4 is 5.73 Å². The van der Waals surface area contributed by atoms with E-state index in [0.29, 0.717) is 12.2 Å². The van der Waals surface area contributed by atoms with Gasteiger partial charge in [-0.15, -0.1) is 0 Å². The third-order valence-corrected chi connectivity index (χ3v) is 4.84. The Balaban J connectivity index is 2.63. The maximum absolute atomic E-state index is 10.9. The molecule has 0 aliphatic rings. The second-order valence-corrected chi connectivity index (χ2v) is 9.16. The largest absolute Gasteiger partial charge is 0.507 e. The minimum Gasteiger partial charge on any atom is -0.507 e. The summed E-state index contributed by atoms with van der Waals surface area (Å²) < 4.78 is 1.47. The molecule has 1 heterocycles. The monoisotopic (exact) mass is 356 g/mol. The van der Waals surface area contributed by atoms with Gasteiger partial charge in [-0.05, 0) is 41.4 Å². The van der Waals surface area contributed by atoms with Crippen LogP contribution in [0.15, 0.2) is 12.1 Å². The van der Waals surface area contributed by atoms with Gasteiger partial charge in [0.15, 0.2) is 0 Å². The van der Waals surface area contributed by atoms with Crippen LogP contribution in [0.1, 0.15) is 75.2 Å². The molecule has 0 bridgehead atoms. The average Bonchev–Trinajstić information content (AvgIpc) is 2.74. The van der Waals surface area contributed by atoms with Crippen LogP contribution in [0.3, 0.4) is 0 Å². The fourth-order valence-corrected chi connectivity index (χ4v) is 3.31. The molecular weight excluding hydrogens is 324 g/mol. The van der Waals surface area contributed by atoms with Gasteiger partial charge in [0.05, 0.1) is 5.69 Å². The molecule has 26 heavy (non-hydrogen) atoms. The molecule has 2 aromatic rings. The number of aromatic nitrogens is 2. The highest BCUT2D eigenvalue weighted by Crippen LogP contribution is 2.40. The Morgan fingerprint density at radius 2 is 1.54 bits per heavy atom. The Hall–Kier alpha value is -2.30. The van der Waals surface area contributed by atoms with E-state index in [-0.39, 0.29) is 16.8 Å². The van der Waals surface area contributed by atoms with Crippen LogP contribution in [0, 0.1) is 19.3 Å². The Kier molecular flexibility index (Phi) is 4.97. The van der Waals surface area contributed by atoms with E-state index in [1.807, 2.05) is 13.8 Å². The molecule has 0 unspecified atom stereocenters. The summed E-state index contributed by atoms with van der Waals surface area (Å²) in [5.41, 5.74) is 11.2. The lowest BCUT2D eigenvalue weighted by atomic mass is 9.78. The normalized spacial score (nSPS) is 12.5. The molecule has 5 nitrogen and oxygen atoms in total. The van der Waals surface area contributed by atoms with E-state index in [0.717, 1.165) is 33.6 Å². The van der Waals surface area contributed by atoms with Gasteiger partial charge < -0.3 is 10.8 Å². The van der Waals surface area contributed by atoms with Crippen molar-refractivity contribution in [2.75, 3.05) is 0 Å². The van der Waals surface area contributed by atoms with Crippen LogP contribution in [0.2, 0.25) is 0 Å². The van der Waals surface area contributed by atoms with E-state index < -0.39 is 0 Å². The fourth-order valence-electron chi connectivity index (χ4n) is 3.31. The lowest BCUT2D eigenvalue weighted by Crippen LogP contribution is -2.23. The molecule has 142 valence electrons. The van der Waals surface area contributed by atoms with Crippen molar-refractivity contribution in [3.8, 4) is 5.75 Å². The molecule has 0 fully saturated rings. The van der Waals surface area contributed by atoms with Crippen molar-refractivity contribution in [2.24, 2.45) is 5.73 Å². The summed E-state index contributed by atoms with van der Waals surface area (Å²) >= 11 is 0. The number of hydrogen-bond acceptors (Lipinski definition) is 3. The van der Waals surface area contributed by atoms with Gasteiger partial charge in [-0.3, -0.25) is 5.41 Å². The molecule has 4 N–H and O–H groups in total. The summed E-state index contributed by atoms with van der Waals surface area (Å²) in [4.78, 5) is 0. The molecule has 0 aliphatic heterocycles. The van der Waals surface area contributed by atoms with Crippen LogP contribution >= 0.6 is 0 Å². The van der Waals surface area contributed by atoms with Crippen molar-refractivity contribution < 1.29 is 5.11 Å². The predicted octanol–water partition coefficient (Wildman–Crippen LogP) is 4.13. The van der Waals surface area contributed by atoms with Crippen molar-refractivity contribution in [3.63, 3.8) is 0 Å². The Morgan fingerprint density at radius 3 is 1.88 bits per heavy atom. The summed E-state index contributed by atoms with van der Waals surface area (Å²) in [5.74, 6) is 0.315. The number of nitrogen functional groups attached to an aromatic ring is 1. The Morgan fingerprint density at radius 1 is 1.08 bits per heavy atom. The lowest BCUT2D eigenvalue weighted by molar-refractivity contribution is 0.423. The summed E-state index contributed by atoms with van der Waals surface area (Å²) in [6, 6.07) is 4.18. The van der Waals surface area contributed by atoms with Gasteiger partial charge in [0, 0.05) is 17.7 Å². The number of hydrogen-bond donors (Lipinski definition) is 3. The van der Waals surface area contributed by atoms with Gasteiger partial charge in [0.25, 0.3) is 0 Å². The molecule has 0 atom stereocenters. The quantitative estimate of drug-likeness (QED) is 0.558. The smallest absolute Gasteiger partial charge is 0.213 e. The number of benzene rings is 1. The van der Waals surface area contributed by atoms with Crippen LogP contribution in [0.25, 0.3) is 0 Å². The first-order chi connectivity index (χ1) is 11.7. The SMILES string of the molecule is Cc1nn(C(=N)N)c(C)c1Cc1cc(C(C)(C)C)c(O)c(C(C)(C)C)c1. The van der Waals surface area contributed by atoms with Crippen molar-refractivity contribution in [1.82, 2.24) is 9.78 Å². The third kappa shape index (κ3) is 3.76. The molecule has 2 rings (SSSR count). The number of nitrogens with one attached hydrogen (secondary N) is 1. The highest BCUT2D eigenvalue weighted by molar-refractivity contribution is 5.77. The Bertz CT molecular complexity index is 813. The first-order valence-corrected chi connectivity index (χ1v) is 8.99.